The summed E-state index contributed by atoms with van der Waals surface area (Å²) in [4.78, 5) is 29.7. The first-order valence-corrected chi connectivity index (χ1v) is 12.9. The fourth-order valence-electron chi connectivity index (χ4n) is 4.06. The van der Waals surface area contributed by atoms with E-state index in [-0.39, 0.29) is 17.6 Å². The van der Waals surface area contributed by atoms with E-state index in [1.54, 1.807) is 29.3 Å². The van der Waals surface area contributed by atoms with Gasteiger partial charge in [-0.2, -0.15) is 0 Å². The lowest BCUT2D eigenvalue weighted by Gasteiger charge is -2.36. The van der Waals surface area contributed by atoms with Crippen molar-refractivity contribution in [1.82, 2.24) is 10.2 Å². The van der Waals surface area contributed by atoms with E-state index in [0.717, 1.165) is 56.1 Å². The van der Waals surface area contributed by atoms with Gasteiger partial charge in [-0.15, -0.1) is 11.8 Å². The number of thioether (sulfide) groups is 1. The molecule has 7 nitrogen and oxygen atoms in total. The van der Waals surface area contributed by atoms with Gasteiger partial charge in [0.05, 0.1) is 6.61 Å². The van der Waals surface area contributed by atoms with Crippen molar-refractivity contribution >= 4 is 35.0 Å². The Hall–Kier alpha value is -3.04. The van der Waals surface area contributed by atoms with Crippen molar-refractivity contribution in [3.05, 3.63) is 70.6 Å². The topological polar surface area (TPSA) is 73.9 Å². The third-order valence-electron chi connectivity index (χ3n) is 6.12. The molecular formula is C26H31FN4O3S. The Labute approximate surface area is 209 Å². The molecule has 2 amide bonds. The van der Waals surface area contributed by atoms with E-state index in [0.29, 0.717) is 30.2 Å². The van der Waals surface area contributed by atoms with E-state index < -0.39 is 0 Å². The predicted molar refractivity (Wildman–Crippen MR) is 138 cm³/mol. The second-order valence-corrected chi connectivity index (χ2v) is 9.58. The first kappa shape index (κ1) is 25.1. The van der Waals surface area contributed by atoms with Crippen molar-refractivity contribution in [2.75, 3.05) is 61.8 Å². The number of benzene rings is 2. The molecule has 1 saturated heterocycles. The van der Waals surface area contributed by atoms with Crippen LogP contribution >= 0.6 is 11.8 Å². The number of carbonyl (C=O) groups is 2. The smallest absolute Gasteiger partial charge is 0.291 e. The summed E-state index contributed by atoms with van der Waals surface area (Å²) in [5.41, 5.74) is 3.03. The lowest BCUT2D eigenvalue weighted by atomic mass is 10.1. The Kier molecular flexibility index (Phi) is 8.65. The van der Waals surface area contributed by atoms with E-state index in [1.807, 2.05) is 25.1 Å². The van der Waals surface area contributed by atoms with Crippen LogP contribution in [0.4, 0.5) is 15.8 Å². The number of piperazine rings is 1. The maximum atomic E-state index is 13.1. The highest BCUT2D eigenvalue weighted by Crippen LogP contribution is 2.21. The fraction of sp³-hybridized carbons (Fsp3) is 0.385. The molecule has 186 valence electrons. The molecule has 0 saturated carbocycles. The van der Waals surface area contributed by atoms with Crippen LogP contribution in [0.15, 0.2) is 53.6 Å². The van der Waals surface area contributed by atoms with Crippen LogP contribution in [0.25, 0.3) is 0 Å². The van der Waals surface area contributed by atoms with Crippen LogP contribution in [0.2, 0.25) is 0 Å². The van der Waals surface area contributed by atoms with Crippen LogP contribution in [0.1, 0.15) is 22.3 Å². The lowest BCUT2D eigenvalue weighted by molar-refractivity contribution is -0.116. The fourth-order valence-corrected chi connectivity index (χ4v) is 4.68. The zero-order valence-corrected chi connectivity index (χ0v) is 20.7. The van der Waals surface area contributed by atoms with Gasteiger partial charge < -0.3 is 20.3 Å². The number of nitrogens with one attached hydrogen (secondary N) is 2. The molecule has 2 aromatic rings. The minimum atomic E-state index is -0.308. The molecule has 9 heteroatoms. The third kappa shape index (κ3) is 6.99. The Morgan fingerprint density at radius 3 is 2.54 bits per heavy atom. The number of hydrogen-bond donors (Lipinski definition) is 2. The number of ether oxygens (including phenoxy) is 1. The molecule has 0 aromatic heterocycles. The molecule has 2 heterocycles. The van der Waals surface area contributed by atoms with Gasteiger partial charge in [-0.1, -0.05) is 6.07 Å². The van der Waals surface area contributed by atoms with E-state index >= 15 is 0 Å². The third-order valence-corrected chi connectivity index (χ3v) is 6.90. The number of anilines is 2. The van der Waals surface area contributed by atoms with E-state index in [9.17, 15) is 14.0 Å². The summed E-state index contributed by atoms with van der Waals surface area (Å²) in [5, 5.41) is 7.54. The maximum absolute atomic E-state index is 13.1. The molecule has 2 aliphatic rings. The van der Waals surface area contributed by atoms with Crippen LogP contribution in [0.5, 0.6) is 0 Å². The van der Waals surface area contributed by atoms with Gasteiger partial charge in [0.25, 0.3) is 11.8 Å². The van der Waals surface area contributed by atoms with Gasteiger partial charge in [0, 0.05) is 60.8 Å². The van der Waals surface area contributed by atoms with E-state index in [1.165, 1.54) is 12.1 Å². The number of carbonyl (C=O) groups excluding carboxylic acids is 2. The van der Waals surface area contributed by atoms with Crippen LogP contribution in [0, 0.1) is 12.7 Å². The van der Waals surface area contributed by atoms with Crippen LogP contribution in [-0.4, -0.2) is 68.3 Å². The number of halogens is 1. The molecule has 0 radical (unpaired) electrons. The summed E-state index contributed by atoms with van der Waals surface area (Å²) >= 11 is 1.54. The minimum Gasteiger partial charge on any atom is -0.487 e. The molecule has 0 atom stereocenters. The average molecular weight is 499 g/mol. The molecule has 2 aliphatic heterocycles. The lowest BCUT2D eigenvalue weighted by Crippen LogP contribution is -2.47. The summed E-state index contributed by atoms with van der Waals surface area (Å²) < 4.78 is 18.5. The predicted octanol–water partition coefficient (Wildman–Crippen LogP) is 3.62. The van der Waals surface area contributed by atoms with Crippen LogP contribution in [0.3, 0.4) is 0 Å². The Balaban J connectivity index is 1.20. The first-order chi connectivity index (χ1) is 17.0. The van der Waals surface area contributed by atoms with Crippen molar-refractivity contribution in [3.63, 3.8) is 0 Å². The van der Waals surface area contributed by atoms with Gasteiger partial charge in [-0.05, 0) is 61.9 Å². The number of nitrogens with zero attached hydrogens (tertiary/aromatic N) is 2. The highest BCUT2D eigenvalue weighted by atomic mass is 32.2. The zero-order chi connectivity index (χ0) is 24.6. The van der Waals surface area contributed by atoms with Gasteiger partial charge in [0.2, 0.25) is 0 Å². The second kappa shape index (κ2) is 12.1. The largest absolute Gasteiger partial charge is 0.487 e. The molecule has 0 aliphatic carbocycles. The molecular weight excluding hydrogens is 467 g/mol. The van der Waals surface area contributed by atoms with Crippen molar-refractivity contribution in [3.8, 4) is 0 Å². The second-order valence-electron chi connectivity index (χ2n) is 8.60. The summed E-state index contributed by atoms with van der Waals surface area (Å²) in [6.07, 6.45) is 0.848. The van der Waals surface area contributed by atoms with Gasteiger partial charge in [0.15, 0.2) is 5.76 Å². The van der Waals surface area contributed by atoms with E-state index in [4.69, 9.17) is 4.74 Å². The minimum absolute atomic E-state index is 0.162. The highest BCUT2D eigenvalue weighted by Gasteiger charge is 2.18. The zero-order valence-electron chi connectivity index (χ0n) is 19.9. The highest BCUT2D eigenvalue weighted by molar-refractivity contribution is 8.02. The molecule has 2 N–H and O–H groups in total. The first-order valence-electron chi connectivity index (χ1n) is 11.9. The Morgan fingerprint density at radius 1 is 1.06 bits per heavy atom. The van der Waals surface area contributed by atoms with Crippen LogP contribution in [-0.2, 0) is 9.53 Å². The molecule has 2 aromatic carbocycles. The van der Waals surface area contributed by atoms with Crippen molar-refractivity contribution < 1.29 is 18.7 Å². The van der Waals surface area contributed by atoms with Gasteiger partial charge in [-0.3, -0.25) is 14.5 Å². The van der Waals surface area contributed by atoms with Crippen LogP contribution < -0.4 is 15.5 Å². The monoisotopic (exact) mass is 498 g/mol. The number of rotatable bonds is 8. The Morgan fingerprint density at radius 2 is 1.83 bits per heavy atom. The molecule has 4 rings (SSSR count). The summed E-state index contributed by atoms with van der Waals surface area (Å²) in [6.45, 7) is 7.54. The van der Waals surface area contributed by atoms with E-state index in [2.05, 4.69) is 20.4 Å². The normalized spacial score (nSPS) is 16.3. The van der Waals surface area contributed by atoms with Gasteiger partial charge in [0.1, 0.15) is 5.82 Å². The van der Waals surface area contributed by atoms with Crippen molar-refractivity contribution in [2.45, 2.75) is 13.3 Å². The van der Waals surface area contributed by atoms with Crippen molar-refractivity contribution in [2.24, 2.45) is 0 Å². The molecule has 35 heavy (non-hydrogen) atoms. The maximum Gasteiger partial charge on any atom is 0.291 e. The summed E-state index contributed by atoms with van der Waals surface area (Å²) in [7, 11) is 0. The molecule has 0 bridgehead atoms. The number of hydrogen-bond acceptors (Lipinski definition) is 6. The quantitative estimate of drug-likeness (QED) is 0.542. The molecule has 1 fully saturated rings. The summed E-state index contributed by atoms with van der Waals surface area (Å²) in [5.74, 6) is 0.445. The SMILES string of the molecule is Cc1ccc(C(=O)NCCCN2CCN(c3ccc(F)cc3)CC2)cc1NC(=O)C1=CSCCO1. The standard InChI is InChI=1S/C26H31FN4O3S/c1-19-3-4-20(17-23(19)29-26(33)24-18-35-16-15-34-24)25(32)28-9-2-10-30-11-13-31(14-12-30)22-7-5-21(27)6-8-22/h3-8,17-18H,2,9-16H2,1H3,(H,28,32)(H,29,33). The summed E-state index contributed by atoms with van der Waals surface area (Å²) in [6, 6.07) is 11.9. The van der Waals surface area contributed by atoms with Gasteiger partial charge in [-0.25, -0.2) is 4.39 Å². The number of aryl methyl sites for hydroxylation is 1. The number of amides is 2. The van der Waals surface area contributed by atoms with Gasteiger partial charge >= 0.3 is 0 Å². The van der Waals surface area contributed by atoms with Crippen molar-refractivity contribution in [1.29, 1.82) is 0 Å². The molecule has 0 unspecified atom stereocenters. The average Bonchev–Trinajstić information content (AvgIpc) is 2.89. The molecule has 0 spiro atoms. The Bertz CT molecular complexity index is 1070.